The molecule has 3 N–H and O–H groups in total. The van der Waals surface area contributed by atoms with Crippen molar-refractivity contribution < 1.29 is 9.53 Å². The van der Waals surface area contributed by atoms with E-state index in [1.54, 1.807) is 18.2 Å². The number of rotatable bonds is 1. The van der Waals surface area contributed by atoms with E-state index in [2.05, 4.69) is 9.97 Å². The normalized spacial score (nSPS) is 11.1. The second kappa shape index (κ2) is 4.86. The van der Waals surface area contributed by atoms with Gasteiger partial charge in [0, 0.05) is 6.07 Å². The van der Waals surface area contributed by atoms with Crippen LogP contribution in [0.3, 0.4) is 0 Å². The molecule has 2 rings (SSSR count). The van der Waals surface area contributed by atoms with Crippen molar-refractivity contribution in [2.24, 2.45) is 5.41 Å². The lowest BCUT2D eigenvalue weighted by Gasteiger charge is -2.16. The summed E-state index contributed by atoms with van der Waals surface area (Å²) in [7, 11) is 0. The lowest BCUT2D eigenvalue weighted by Crippen LogP contribution is -2.25. The summed E-state index contributed by atoms with van der Waals surface area (Å²) in [4.78, 5) is 18.7. The average Bonchev–Trinajstić information content (AvgIpc) is 2.55. The zero-order valence-electron chi connectivity index (χ0n) is 10.5. The van der Waals surface area contributed by atoms with Crippen LogP contribution in [-0.4, -0.2) is 15.9 Å². The molecular weight excluding hydrogens is 254 g/mol. The van der Waals surface area contributed by atoms with E-state index in [1.165, 1.54) is 0 Å². The highest BCUT2D eigenvalue weighted by atomic mass is 35.5. The summed E-state index contributed by atoms with van der Waals surface area (Å²) in [5.74, 6) is 0.560. The Morgan fingerprint density at radius 3 is 2.67 bits per heavy atom. The van der Waals surface area contributed by atoms with E-state index in [-0.39, 0.29) is 18.4 Å². The number of fused-ring (bicyclic) bond motifs is 1. The molecule has 0 bridgehead atoms. The largest absolute Gasteiger partial charge is 0.426 e. The summed E-state index contributed by atoms with van der Waals surface area (Å²) in [6, 6.07) is 5.17. The number of halogens is 1. The number of aromatic amines is 1. The van der Waals surface area contributed by atoms with Gasteiger partial charge < -0.3 is 15.5 Å². The number of carbonyl (C=O) groups is 1. The van der Waals surface area contributed by atoms with Crippen molar-refractivity contribution in [2.75, 3.05) is 5.73 Å². The van der Waals surface area contributed by atoms with Crippen LogP contribution in [0.5, 0.6) is 5.75 Å². The van der Waals surface area contributed by atoms with E-state index in [0.717, 1.165) is 11.0 Å². The van der Waals surface area contributed by atoms with Crippen molar-refractivity contribution >= 4 is 35.4 Å². The highest BCUT2D eigenvalue weighted by Crippen LogP contribution is 2.23. The first-order valence-corrected chi connectivity index (χ1v) is 5.34. The zero-order chi connectivity index (χ0) is 12.6. The van der Waals surface area contributed by atoms with Crippen molar-refractivity contribution in [3.05, 3.63) is 18.2 Å². The van der Waals surface area contributed by atoms with Gasteiger partial charge in [0.1, 0.15) is 5.75 Å². The monoisotopic (exact) mass is 269 g/mol. The summed E-state index contributed by atoms with van der Waals surface area (Å²) >= 11 is 0. The highest BCUT2D eigenvalue weighted by molar-refractivity contribution is 5.85. The molecule has 0 radical (unpaired) electrons. The number of ether oxygens (including phenoxy) is 1. The number of hydrogen-bond acceptors (Lipinski definition) is 4. The summed E-state index contributed by atoms with van der Waals surface area (Å²) < 4.78 is 5.27. The number of nitrogens with zero attached hydrogens (tertiary/aromatic N) is 1. The lowest BCUT2D eigenvalue weighted by atomic mass is 9.97. The second-order valence-electron chi connectivity index (χ2n) is 4.94. The molecule has 0 saturated carbocycles. The van der Waals surface area contributed by atoms with Gasteiger partial charge in [-0.15, -0.1) is 12.4 Å². The van der Waals surface area contributed by atoms with Gasteiger partial charge in [0.05, 0.1) is 16.4 Å². The zero-order valence-corrected chi connectivity index (χ0v) is 11.3. The van der Waals surface area contributed by atoms with Crippen LogP contribution in [0.2, 0.25) is 0 Å². The molecule has 0 aliphatic rings. The first kappa shape index (κ1) is 14.3. The summed E-state index contributed by atoms with van der Waals surface area (Å²) in [5, 5.41) is 0. The molecule has 1 aromatic carbocycles. The Bertz CT molecular complexity index is 572. The van der Waals surface area contributed by atoms with Gasteiger partial charge in [0.15, 0.2) is 5.95 Å². The van der Waals surface area contributed by atoms with Crippen molar-refractivity contribution in [1.82, 2.24) is 9.97 Å². The average molecular weight is 270 g/mol. The van der Waals surface area contributed by atoms with E-state index >= 15 is 0 Å². The van der Waals surface area contributed by atoms with Crippen LogP contribution in [0, 0.1) is 5.41 Å². The number of anilines is 1. The van der Waals surface area contributed by atoms with Crippen molar-refractivity contribution in [3.8, 4) is 5.75 Å². The van der Waals surface area contributed by atoms with E-state index in [4.69, 9.17) is 10.5 Å². The lowest BCUT2D eigenvalue weighted by molar-refractivity contribution is -0.142. The number of nitrogen functional groups attached to an aromatic ring is 1. The molecule has 6 heteroatoms. The third kappa shape index (κ3) is 2.92. The molecule has 0 saturated heterocycles. The van der Waals surface area contributed by atoms with Crippen LogP contribution in [-0.2, 0) is 4.79 Å². The van der Waals surface area contributed by atoms with Gasteiger partial charge in [-0.1, -0.05) is 0 Å². The van der Waals surface area contributed by atoms with Gasteiger partial charge in [-0.3, -0.25) is 4.79 Å². The Hall–Kier alpha value is -1.75. The molecule has 1 aromatic heterocycles. The Morgan fingerprint density at radius 2 is 2.06 bits per heavy atom. The fourth-order valence-corrected chi connectivity index (χ4v) is 1.33. The van der Waals surface area contributed by atoms with E-state index in [9.17, 15) is 4.79 Å². The molecule has 1 heterocycles. The van der Waals surface area contributed by atoms with E-state index in [1.807, 2.05) is 20.8 Å². The molecule has 0 fully saturated rings. The van der Waals surface area contributed by atoms with Gasteiger partial charge in [0.2, 0.25) is 0 Å². The molecular formula is C12H16ClN3O2. The molecule has 18 heavy (non-hydrogen) atoms. The fraction of sp³-hybridized carbons (Fsp3) is 0.333. The molecule has 0 aliphatic carbocycles. The number of nitrogens with two attached hydrogens (primary N) is 1. The van der Waals surface area contributed by atoms with Gasteiger partial charge >= 0.3 is 5.97 Å². The minimum atomic E-state index is -0.526. The Balaban J connectivity index is 0.00000162. The van der Waals surface area contributed by atoms with Crippen LogP contribution in [0.15, 0.2) is 18.2 Å². The quantitative estimate of drug-likeness (QED) is 0.616. The van der Waals surface area contributed by atoms with Crippen molar-refractivity contribution in [3.63, 3.8) is 0 Å². The maximum absolute atomic E-state index is 11.7. The molecule has 2 aromatic rings. The smallest absolute Gasteiger partial charge is 0.316 e. The van der Waals surface area contributed by atoms with Gasteiger partial charge in [-0.05, 0) is 32.9 Å². The van der Waals surface area contributed by atoms with Crippen LogP contribution in [0.4, 0.5) is 5.95 Å². The Kier molecular flexibility index (Phi) is 3.86. The number of hydrogen-bond donors (Lipinski definition) is 2. The number of carbonyl (C=O) groups excluding carboxylic acids is 1. The van der Waals surface area contributed by atoms with Crippen molar-refractivity contribution in [2.45, 2.75) is 20.8 Å². The molecule has 0 unspecified atom stereocenters. The van der Waals surface area contributed by atoms with Crippen LogP contribution in [0.25, 0.3) is 11.0 Å². The van der Waals surface area contributed by atoms with Crippen LogP contribution < -0.4 is 10.5 Å². The van der Waals surface area contributed by atoms with Crippen LogP contribution in [0.1, 0.15) is 20.8 Å². The van der Waals surface area contributed by atoms with Gasteiger partial charge in [-0.2, -0.15) is 0 Å². The van der Waals surface area contributed by atoms with E-state index < -0.39 is 5.41 Å². The number of aromatic nitrogens is 2. The van der Waals surface area contributed by atoms with Crippen molar-refractivity contribution in [1.29, 1.82) is 0 Å². The maximum atomic E-state index is 11.7. The molecule has 0 spiro atoms. The molecule has 98 valence electrons. The fourth-order valence-electron chi connectivity index (χ4n) is 1.33. The molecule has 0 aliphatic heterocycles. The number of imidazole rings is 1. The Morgan fingerprint density at radius 1 is 1.39 bits per heavy atom. The van der Waals surface area contributed by atoms with E-state index in [0.29, 0.717) is 11.7 Å². The minimum absolute atomic E-state index is 0. The molecule has 5 nitrogen and oxygen atoms in total. The van der Waals surface area contributed by atoms with Gasteiger partial charge in [-0.25, -0.2) is 4.98 Å². The highest BCUT2D eigenvalue weighted by Gasteiger charge is 2.23. The molecule has 0 atom stereocenters. The predicted octanol–water partition coefficient (Wildman–Crippen LogP) is 2.52. The third-order valence-corrected chi connectivity index (χ3v) is 2.29. The predicted molar refractivity (Wildman–Crippen MR) is 72.8 cm³/mol. The van der Waals surface area contributed by atoms with Crippen LogP contribution >= 0.6 is 12.4 Å². The standard InChI is InChI=1S/C12H15N3O2.ClH/c1-12(2,3)10(16)17-7-4-5-8-9(6-7)15-11(13)14-8;/h4-6H,1-3H3,(H3,13,14,15);1H. The number of nitrogens with one attached hydrogen (secondary N) is 1. The Labute approximate surface area is 111 Å². The topological polar surface area (TPSA) is 81.0 Å². The number of esters is 1. The summed E-state index contributed by atoms with van der Waals surface area (Å²) in [6.45, 7) is 5.42. The number of H-pyrrole nitrogens is 1. The third-order valence-electron chi connectivity index (χ3n) is 2.29. The SMILES string of the molecule is CC(C)(C)C(=O)Oc1ccc2nc(N)[nH]c2c1.Cl. The summed E-state index contributed by atoms with van der Waals surface area (Å²) in [6.07, 6.45) is 0. The minimum Gasteiger partial charge on any atom is -0.426 e. The molecule has 0 amide bonds. The summed E-state index contributed by atoms with van der Waals surface area (Å²) in [5.41, 5.74) is 6.51. The first-order chi connectivity index (χ1) is 7.86. The van der Waals surface area contributed by atoms with Gasteiger partial charge in [0.25, 0.3) is 0 Å². The second-order valence-corrected chi connectivity index (χ2v) is 4.94. The first-order valence-electron chi connectivity index (χ1n) is 5.34. The maximum Gasteiger partial charge on any atom is 0.316 e. The number of benzene rings is 1.